The molecule has 0 atom stereocenters. The number of benzene rings is 2. The van der Waals surface area contributed by atoms with Crippen molar-refractivity contribution in [3.8, 4) is 0 Å². The molecule has 0 saturated carbocycles. The molecule has 3 aromatic rings. The lowest BCUT2D eigenvalue weighted by Gasteiger charge is -2.20. The number of pyridine rings is 1. The normalized spacial score (nSPS) is 10.6. The third-order valence-corrected chi connectivity index (χ3v) is 4.18. The minimum atomic E-state index is -0.00364. The number of halogens is 1. The molecule has 4 heteroatoms. The molecule has 3 nitrogen and oxygen atoms in total. The van der Waals surface area contributed by atoms with Crippen LogP contribution in [0.5, 0.6) is 0 Å². The summed E-state index contributed by atoms with van der Waals surface area (Å²) in [4.78, 5) is 14.3. The third kappa shape index (κ3) is 4.06. The van der Waals surface area contributed by atoms with Crippen LogP contribution in [0, 0.1) is 0 Å². The highest BCUT2D eigenvalue weighted by molar-refractivity contribution is 6.30. The zero-order chi connectivity index (χ0) is 16.9. The summed E-state index contributed by atoms with van der Waals surface area (Å²) in [7, 11) is 2.05. The fourth-order valence-corrected chi connectivity index (χ4v) is 2.76. The van der Waals surface area contributed by atoms with Crippen molar-refractivity contribution in [2.75, 3.05) is 11.9 Å². The second-order valence-corrected chi connectivity index (χ2v) is 6.26. The van der Waals surface area contributed by atoms with Gasteiger partial charge in [-0.05, 0) is 35.4 Å². The standard InChI is InChI=1S/C20H19ClN2O/c1-22(19-5-3-2-4-6-19)13-17-9-12-20(24)23(15-17)14-16-7-10-18(21)11-8-16/h2-12,15H,13-14H2,1H3. The van der Waals surface area contributed by atoms with Gasteiger partial charge in [0, 0.05) is 36.6 Å². The van der Waals surface area contributed by atoms with Gasteiger partial charge in [0.05, 0.1) is 6.54 Å². The molecule has 3 rings (SSSR count). The molecule has 0 radical (unpaired) electrons. The Bertz CT molecular complexity index is 857. The zero-order valence-electron chi connectivity index (χ0n) is 13.5. The molecule has 0 aliphatic rings. The molecule has 0 amide bonds. The summed E-state index contributed by atoms with van der Waals surface area (Å²) in [5.41, 5.74) is 3.29. The van der Waals surface area contributed by atoms with E-state index in [4.69, 9.17) is 11.6 Å². The summed E-state index contributed by atoms with van der Waals surface area (Å²) < 4.78 is 1.73. The highest BCUT2D eigenvalue weighted by Crippen LogP contribution is 2.14. The molecule has 122 valence electrons. The zero-order valence-corrected chi connectivity index (χ0v) is 14.3. The molecule has 1 aromatic heterocycles. The molecule has 0 aliphatic heterocycles. The van der Waals surface area contributed by atoms with Crippen molar-refractivity contribution in [2.45, 2.75) is 13.1 Å². The average molecular weight is 339 g/mol. The number of anilines is 1. The second kappa shape index (κ2) is 7.37. The summed E-state index contributed by atoms with van der Waals surface area (Å²) in [6, 6.07) is 21.3. The van der Waals surface area contributed by atoms with Gasteiger partial charge in [-0.1, -0.05) is 48.0 Å². The number of para-hydroxylation sites is 1. The summed E-state index contributed by atoms with van der Waals surface area (Å²) in [6.45, 7) is 1.28. The topological polar surface area (TPSA) is 25.2 Å². The van der Waals surface area contributed by atoms with Crippen LogP contribution in [0.1, 0.15) is 11.1 Å². The number of hydrogen-bond donors (Lipinski definition) is 0. The van der Waals surface area contributed by atoms with Crippen LogP contribution in [0.25, 0.3) is 0 Å². The number of rotatable bonds is 5. The summed E-state index contributed by atoms with van der Waals surface area (Å²) in [5, 5.41) is 0.698. The first-order valence-electron chi connectivity index (χ1n) is 7.82. The van der Waals surface area contributed by atoms with Gasteiger partial charge < -0.3 is 9.47 Å². The molecule has 0 bridgehead atoms. The SMILES string of the molecule is CN(Cc1ccc(=O)n(Cc2ccc(Cl)cc2)c1)c1ccccc1. The van der Waals surface area contributed by atoms with Gasteiger partial charge in [-0.15, -0.1) is 0 Å². The molecule has 0 spiro atoms. The van der Waals surface area contributed by atoms with E-state index < -0.39 is 0 Å². The predicted octanol–water partition coefficient (Wildman–Crippen LogP) is 4.19. The maximum atomic E-state index is 12.1. The van der Waals surface area contributed by atoms with Crippen molar-refractivity contribution in [1.29, 1.82) is 0 Å². The number of aromatic nitrogens is 1. The smallest absolute Gasteiger partial charge is 0.250 e. The molecule has 0 fully saturated rings. The van der Waals surface area contributed by atoms with Crippen LogP contribution in [0.15, 0.2) is 77.7 Å². The van der Waals surface area contributed by atoms with E-state index in [0.29, 0.717) is 11.6 Å². The van der Waals surface area contributed by atoms with Gasteiger partial charge in [-0.25, -0.2) is 0 Å². The Balaban J connectivity index is 1.78. The highest BCUT2D eigenvalue weighted by Gasteiger charge is 2.05. The second-order valence-electron chi connectivity index (χ2n) is 5.82. The lowest BCUT2D eigenvalue weighted by molar-refractivity contribution is 0.744. The molecule has 0 saturated heterocycles. The summed E-state index contributed by atoms with van der Waals surface area (Å²) in [5.74, 6) is 0. The first-order chi connectivity index (χ1) is 11.6. The third-order valence-electron chi connectivity index (χ3n) is 3.93. The van der Waals surface area contributed by atoms with Crippen molar-refractivity contribution in [3.63, 3.8) is 0 Å². The van der Waals surface area contributed by atoms with Crippen molar-refractivity contribution in [3.05, 3.63) is 99.4 Å². The van der Waals surface area contributed by atoms with E-state index in [1.807, 2.05) is 61.8 Å². The Morgan fingerprint density at radius 2 is 1.58 bits per heavy atom. The first-order valence-corrected chi connectivity index (χ1v) is 8.19. The lowest BCUT2D eigenvalue weighted by atomic mass is 10.2. The van der Waals surface area contributed by atoms with Gasteiger partial charge in [-0.3, -0.25) is 4.79 Å². The van der Waals surface area contributed by atoms with Crippen LogP contribution in [0.2, 0.25) is 5.02 Å². The Kier molecular flexibility index (Phi) is 5.02. The monoisotopic (exact) mass is 338 g/mol. The van der Waals surface area contributed by atoms with E-state index in [9.17, 15) is 4.79 Å². The van der Waals surface area contributed by atoms with E-state index in [2.05, 4.69) is 17.0 Å². The van der Waals surface area contributed by atoms with E-state index in [1.54, 1.807) is 10.6 Å². The Morgan fingerprint density at radius 1 is 0.917 bits per heavy atom. The quantitative estimate of drug-likeness (QED) is 0.697. The molecule has 0 N–H and O–H groups in total. The molecule has 0 unspecified atom stereocenters. The maximum absolute atomic E-state index is 12.1. The van der Waals surface area contributed by atoms with Crippen molar-refractivity contribution < 1.29 is 0 Å². The summed E-state index contributed by atoms with van der Waals surface area (Å²) >= 11 is 5.91. The van der Waals surface area contributed by atoms with Crippen LogP contribution < -0.4 is 10.5 Å². The Hall–Kier alpha value is -2.52. The molecular formula is C20H19ClN2O. The number of hydrogen-bond acceptors (Lipinski definition) is 2. The molecule has 24 heavy (non-hydrogen) atoms. The van der Waals surface area contributed by atoms with E-state index in [-0.39, 0.29) is 5.56 Å². The largest absolute Gasteiger partial charge is 0.370 e. The van der Waals surface area contributed by atoms with Crippen LogP contribution in [-0.2, 0) is 13.1 Å². The average Bonchev–Trinajstić information content (AvgIpc) is 2.60. The van der Waals surface area contributed by atoms with E-state index in [0.717, 1.165) is 23.4 Å². The van der Waals surface area contributed by atoms with Crippen LogP contribution in [-0.4, -0.2) is 11.6 Å². The number of nitrogens with zero attached hydrogens (tertiary/aromatic N) is 2. The highest BCUT2D eigenvalue weighted by atomic mass is 35.5. The molecule has 2 aromatic carbocycles. The van der Waals surface area contributed by atoms with Gasteiger partial charge in [0.25, 0.3) is 5.56 Å². The van der Waals surface area contributed by atoms with E-state index in [1.165, 1.54) is 0 Å². The predicted molar refractivity (Wildman–Crippen MR) is 99.8 cm³/mol. The molecule has 1 heterocycles. The van der Waals surface area contributed by atoms with Gasteiger partial charge in [0.2, 0.25) is 0 Å². The fourth-order valence-electron chi connectivity index (χ4n) is 2.63. The van der Waals surface area contributed by atoms with Gasteiger partial charge in [-0.2, -0.15) is 0 Å². The van der Waals surface area contributed by atoms with E-state index >= 15 is 0 Å². The van der Waals surface area contributed by atoms with Crippen LogP contribution in [0.3, 0.4) is 0 Å². The lowest BCUT2D eigenvalue weighted by Crippen LogP contribution is -2.22. The molecule has 0 aliphatic carbocycles. The minimum absolute atomic E-state index is 0.00364. The molecular weight excluding hydrogens is 320 g/mol. The first kappa shape index (κ1) is 16.3. The van der Waals surface area contributed by atoms with Gasteiger partial charge >= 0.3 is 0 Å². The van der Waals surface area contributed by atoms with Crippen LogP contribution in [0.4, 0.5) is 5.69 Å². The van der Waals surface area contributed by atoms with Crippen molar-refractivity contribution in [1.82, 2.24) is 4.57 Å². The fraction of sp³-hybridized carbons (Fsp3) is 0.150. The maximum Gasteiger partial charge on any atom is 0.250 e. The van der Waals surface area contributed by atoms with Gasteiger partial charge in [0.15, 0.2) is 0 Å². The van der Waals surface area contributed by atoms with Gasteiger partial charge in [0.1, 0.15) is 0 Å². The summed E-state index contributed by atoms with van der Waals surface area (Å²) in [6.07, 6.45) is 1.93. The van der Waals surface area contributed by atoms with Crippen molar-refractivity contribution >= 4 is 17.3 Å². The Morgan fingerprint density at radius 3 is 2.29 bits per heavy atom. The van der Waals surface area contributed by atoms with Crippen LogP contribution >= 0.6 is 11.6 Å². The minimum Gasteiger partial charge on any atom is -0.370 e. The van der Waals surface area contributed by atoms with Crippen molar-refractivity contribution in [2.24, 2.45) is 0 Å². The Labute approximate surface area is 146 Å².